The minimum absolute atomic E-state index is 0.0421. The molecule has 108 valence electrons. The van der Waals surface area contributed by atoms with Crippen LogP contribution in [-0.2, 0) is 14.3 Å². The maximum atomic E-state index is 12.2. The summed E-state index contributed by atoms with van der Waals surface area (Å²) in [6.07, 6.45) is 4.52. The molecule has 0 aromatic carbocycles. The number of nitrogens with one attached hydrogen (secondary N) is 1. The highest BCUT2D eigenvalue weighted by Crippen LogP contribution is 2.41. The zero-order chi connectivity index (χ0) is 14.0. The van der Waals surface area contributed by atoms with Crippen LogP contribution in [0.2, 0.25) is 0 Å². The van der Waals surface area contributed by atoms with Crippen LogP contribution < -0.4 is 11.1 Å². The van der Waals surface area contributed by atoms with Crippen LogP contribution in [0.15, 0.2) is 0 Å². The van der Waals surface area contributed by atoms with Crippen LogP contribution in [-0.4, -0.2) is 30.1 Å². The molecular formula is C14H24N2O3. The van der Waals surface area contributed by atoms with Crippen molar-refractivity contribution in [3.8, 4) is 0 Å². The highest BCUT2D eigenvalue weighted by Gasteiger charge is 2.53. The molecule has 1 aliphatic heterocycles. The number of nitrogens with two attached hydrogens (primary N) is 1. The van der Waals surface area contributed by atoms with Gasteiger partial charge in [-0.3, -0.25) is 9.59 Å². The average Bonchev–Trinajstić information content (AvgIpc) is 2.88. The molecule has 2 amide bonds. The van der Waals surface area contributed by atoms with Crippen molar-refractivity contribution in [3.05, 3.63) is 0 Å². The van der Waals surface area contributed by atoms with E-state index in [1.54, 1.807) is 0 Å². The Morgan fingerprint density at radius 1 is 1.32 bits per heavy atom. The SMILES string of the molecule is CCC1OC1(CC)CNC(=O)C1CCCC1C(N)=O. The van der Waals surface area contributed by atoms with E-state index in [0.29, 0.717) is 6.54 Å². The predicted octanol–water partition coefficient (Wildman–Crippen LogP) is 0.962. The summed E-state index contributed by atoms with van der Waals surface area (Å²) in [6, 6.07) is 0. The van der Waals surface area contributed by atoms with Crippen molar-refractivity contribution in [3.63, 3.8) is 0 Å². The van der Waals surface area contributed by atoms with Crippen molar-refractivity contribution in [2.75, 3.05) is 6.54 Å². The summed E-state index contributed by atoms with van der Waals surface area (Å²) >= 11 is 0. The first-order chi connectivity index (χ1) is 9.04. The molecule has 0 radical (unpaired) electrons. The lowest BCUT2D eigenvalue weighted by Crippen LogP contribution is -2.42. The Morgan fingerprint density at radius 3 is 2.53 bits per heavy atom. The second kappa shape index (κ2) is 5.49. The van der Waals surface area contributed by atoms with E-state index in [1.165, 1.54) is 0 Å². The highest BCUT2D eigenvalue weighted by atomic mass is 16.6. The number of rotatable bonds is 6. The van der Waals surface area contributed by atoms with Crippen LogP contribution in [0.4, 0.5) is 0 Å². The molecule has 0 bridgehead atoms. The van der Waals surface area contributed by atoms with Crippen LogP contribution in [0.1, 0.15) is 46.0 Å². The zero-order valence-corrected chi connectivity index (χ0v) is 11.8. The Hall–Kier alpha value is -1.10. The largest absolute Gasteiger partial charge is 0.369 e. The number of hydrogen-bond donors (Lipinski definition) is 2. The Morgan fingerprint density at radius 2 is 2.00 bits per heavy atom. The van der Waals surface area contributed by atoms with E-state index < -0.39 is 0 Å². The van der Waals surface area contributed by atoms with Crippen molar-refractivity contribution in [2.24, 2.45) is 17.6 Å². The van der Waals surface area contributed by atoms with E-state index in [2.05, 4.69) is 19.2 Å². The molecule has 1 saturated heterocycles. The Kier molecular flexibility index (Phi) is 4.13. The van der Waals surface area contributed by atoms with Gasteiger partial charge in [-0.05, 0) is 25.7 Å². The number of primary amides is 1. The molecule has 2 fully saturated rings. The van der Waals surface area contributed by atoms with Crippen molar-refractivity contribution in [2.45, 2.75) is 57.7 Å². The summed E-state index contributed by atoms with van der Waals surface area (Å²) in [4.78, 5) is 23.5. The molecule has 2 aliphatic rings. The number of hydrogen-bond acceptors (Lipinski definition) is 3. The Bertz CT molecular complexity index is 372. The van der Waals surface area contributed by atoms with Crippen LogP contribution in [0.3, 0.4) is 0 Å². The zero-order valence-electron chi connectivity index (χ0n) is 11.8. The summed E-state index contributed by atoms with van der Waals surface area (Å²) in [5.74, 6) is -0.929. The summed E-state index contributed by atoms with van der Waals surface area (Å²) in [6.45, 7) is 4.70. The third kappa shape index (κ3) is 2.76. The maximum absolute atomic E-state index is 12.2. The van der Waals surface area contributed by atoms with E-state index in [9.17, 15) is 9.59 Å². The molecule has 1 aliphatic carbocycles. The lowest BCUT2D eigenvalue weighted by Gasteiger charge is -2.18. The summed E-state index contributed by atoms with van der Waals surface area (Å²) < 4.78 is 5.68. The number of carbonyl (C=O) groups is 2. The van der Waals surface area contributed by atoms with Gasteiger partial charge in [0.2, 0.25) is 11.8 Å². The first-order valence-electron chi connectivity index (χ1n) is 7.29. The fourth-order valence-corrected chi connectivity index (χ4v) is 3.28. The van der Waals surface area contributed by atoms with Crippen molar-refractivity contribution in [1.82, 2.24) is 5.32 Å². The third-order valence-electron chi connectivity index (χ3n) is 4.66. The summed E-state index contributed by atoms with van der Waals surface area (Å²) in [5, 5.41) is 2.96. The third-order valence-corrected chi connectivity index (χ3v) is 4.66. The Labute approximate surface area is 114 Å². The van der Waals surface area contributed by atoms with Gasteiger partial charge >= 0.3 is 0 Å². The summed E-state index contributed by atoms with van der Waals surface area (Å²) in [7, 11) is 0. The van der Waals surface area contributed by atoms with Crippen molar-refractivity contribution >= 4 is 11.8 Å². The highest BCUT2D eigenvalue weighted by molar-refractivity contribution is 5.87. The normalized spacial score (nSPS) is 37.1. The second-order valence-electron chi connectivity index (χ2n) is 5.70. The lowest BCUT2D eigenvalue weighted by atomic mass is 9.94. The number of epoxide rings is 1. The molecule has 2 rings (SSSR count). The molecule has 0 aromatic heterocycles. The predicted molar refractivity (Wildman–Crippen MR) is 71.2 cm³/mol. The van der Waals surface area contributed by atoms with Crippen molar-refractivity contribution in [1.29, 1.82) is 0 Å². The minimum atomic E-state index is -0.350. The fraction of sp³-hybridized carbons (Fsp3) is 0.857. The summed E-state index contributed by atoms with van der Waals surface area (Å²) in [5.41, 5.74) is 5.17. The molecule has 5 heteroatoms. The van der Waals surface area contributed by atoms with E-state index in [-0.39, 0.29) is 35.4 Å². The second-order valence-corrected chi connectivity index (χ2v) is 5.70. The fourth-order valence-electron chi connectivity index (χ4n) is 3.28. The monoisotopic (exact) mass is 268 g/mol. The number of amides is 2. The molecule has 19 heavy (non-hydrogen) atoms. The standard InChI is InChI=1S/C14H24N2O3/c1-3-11-14(4-2,19-11)8-16-13(18)10-7-5-6-9(10)12(15)17/h9-11H,3-8H2,1-2H3,(H2,15,17)(H,16,18). The minimum Gasteiger partial charge on any atom is -0.369 e. The van der Waals surface area contributed by atoms with Crippen LogP contribution in [0.25, 0.3) is 0 Å². The van der Waals surface area contributed by atoms with Gasteiger partial charge in [-0.2, -0.15) is 0 Å². The van der Waals surface area contributed by atoms with Gasteiger partial charge in [0, 0.05) is 18.4 Å². The number of carbonyl (C=O) groups excluding carboxylic acids is 2. The lowest BCUT2D eigenvalue weighted by molar-refractivity contribution is -0.132. The molecule has 4 unspecified atom stereocenters. The topological polar surface area (TPSA) is 84.7 Å². The molecule has 0 spiro atoms. The van der Waals surface area contributed by atoms with Gasteiger partial charge in [-0.15, -0.1) is 0 Å². The van der Waals surface area contributed by atoms with Gasteiger partial charge in [-0.25, -0.2) is 0 Å². The molecule has 4 atom stereocenters. The number of ether oxygens (including phenoxy) is 1. The molecule has 1 saturated carbocycles. The van der Waals surface area contributed by atoms with Gasteiger partial charge in [0.25, 0.3) is 0 Å². The molecule has 1 heterocycles. The maximum Gasteiger partial charge on any atom is 0.224 e. The van der Waals surface area contributed by atoms with Gasteiger partial charge in [0.05, 0.1) is 6.10 Å². The Balaban J connectivity index is 1.86. The van der Waals surface area contributed by atoms with Gasteiger partial charge in [-0.1, -0.05) is 20.3 Å². The van der Waals surface area contributed by atoms with E-state index in [4.69, 9.17) is 10.5 Å². The van der Waals surface area contributed by atoms with E-state index in [1.807, 2.05) is 0 Å². The van der Waals surface area contributed by atoms with Gasteiger partial charge in [0.15, 0.2) is 0 Å². The first kappa shape index (κ1) is 14.3. The molecule has 3 N–H and O–H groups in total. The molecule has 5 nitrogen and oxygen atoms in total. The first-order valence-corrected chi connectivity index (χ1v) is 7.29. The van der Waals surface area contributed by atoms with E-state index >= 15 is 0 Å². The van der Waals surface area contributed by atoms with Gasteiger partial charge in [0.1, 0.15) is 5.60 Å². The van der Waals surface area contributed by atoms with Crippen LogP contribution in [0, 0.1) is 11.8 Å². The molecular weight excluding hydrogens is 244 g/mol. The van der Waals surface area contributed by atoms with Crippen molar-refractivity contribution < 1.29 is 14.3 Å². The molecule has 0 aromatic rings. The quantitative estimate of drug-likeness (QED) is 0.704. The van der Waals surface area contributed by atoms with Crippen LogP contribution in [0.5, 0.6) is 0 Å². The van der Waals surface area contributed by atoms with Crippen LogP contribution >= 0.6 is 0 Å². The average molecular weight is 268 g/mol. The van der Waals surface area contributed by atoms with E-state index in [0.717, 1.165) is 32.1 Å². The smallest absolute Gasteiger partial charge is 0.224 e. The van der Waals surface area contributed by atoms with Gasteiger partial charge < -0.3 is 15.8 Å².